The zero-order chi connectivity index (χ0) is 22.6. The van der Waals surface area contributed by atoms with Crippen LogP contribution >= 0.6 is 0 Å². The Labute approximate surface area is 178 Å². The van der Waals surface area contributed by atoms with E-state index in [0.717, 1.165) is 0 Å². The third-order valence-corrected chi connectivity index (χ3v) is 4.62. The topological polar surface area (TPSA) is 57.2 Å². The van der Waals surface area contributed by atoms with Gasteiger partial charge in [0.2, 0.25) is 0 Å². The summed E-state index contributed by atoms with van der Waals surface area (Å²) in [5.41, 5.74) is 3.83. The number of rotatable bonds is 4. The fourth-order valence-corrected chi connectivity index (χ4v) is 2.81. The molecule has 0 saturated heterocycles. The van der Waals surface area contributed by atoms with Crippen molar-refractivity contribution in [3.8, 4) is 0 Å². The second-order valence-electron chi connectivity index (χ2n) is 6.61. The van der Waals surface area contributed by atoms with Crippen molar-refractivity contribution in [2.75, 3.05) is 0 Å². The van der Waals surface area contributed by atoms with Crippen molar-refractivity contribution in [3.63, 3.8) is 0 Å². The van der Waals surface area contributed by atoms with Crippen LogP contribution in [0.1, 0.15) is 43.9 Å². The van der Waals surface area contributed by atoms with Crippen LogP contribution in [-0.2, 0) is 15.5 Å². The molecule has 0 bridgehead atoms. The Hall–Kier alpha value is -3.57. The molecule has 7 heteroatoms. The molecule has 3 aromatic rings. The maximum atomic E-state index is 10.6. The first-order valence-corrected chi connectivity index (χ1v) is 10.9. The first kappa shape index (κ1) is 27.4. The molecule has 0 atom stereocenters. The summed E-state index contributed by atoms with van der Waals surface area (Å²) in [6, 6.07) is 32.1. The van der Waals surface area contributed by atoms with Gasteiger partial charge in [-0.2, -0.15) is 0 Å². The fourth-order valence-electron chi connectivity index (χ4n) is 2.81. The van der Waals surface area contributed by atoms with Gasteiger partial charge in [-0.1, -0.05) is 111 Å². The molecule has 3 aromatic carbocycles. The van der Waals surface area contributed by atoms with Crippen molar-refractivity contribution in [2.45, 2.75) is 32.6 Å². The Balaban J connectivity index is 0.000000696. The normalized spacial score (nSPS) is 10.7. The number of hydrogen-bond donors (Lipinski definition) is 0. The Bertz CT molecular complexity index is 855. The van der Waals surface area contributed by atoms with Gasteiger partial charge < -0.3 is 13.3 Å². The van der Waals surface area contributed by atoms with Crippen LogP contribution in [0.4, 0.5) is 8.78 Å². The first-order chi connectivity index (χ1) is 14.2. The van der Waals surface area contributed by atoms with Crippen LogP contribution in [-0.4, -0.2) is 13.0 Å². The molecule has 0 aliphatic rings. The molecule has 0 amide bonds. The van der Waals surface area contributed by atoms with Crippen LogP contribution in [0, 0.1) is 5.76 Å². The summed E-state index contributed by atoms with van der Waals surface area (Å²) in [4.78, 5) is 0. The van der Waals surface area contributed by atoms with Crippen LogP contribution in [0.3, 0.4) is 0 Å². The molecule has 31 heavy (non-hydrogen) atoms. The van der Waals surface area contributed by atoms with E-state index in [-0.39, 0.29) is 5.41 Å². The predicted molar refractivity (Wildman–Crippen MR) is 116 cm³/mol. The second kappa shape index (κ2) is 12.9. The molecule has 0 aliphatic heterocycles. The molecule has 0 spiro atoms. The summed E-state index contributed by atoms with van der Waals surface area (Å²) in [6.07, 6.45) is 1.25. The Kier molecular flexibility index (Phi) is 11.4. The van der Waals surface area contributed by atoms with E-state index in [2.05, 4.69) is 112 Å². The third-order valence-electron chi connectivity index (χ3n) is 4.24. The zero-order valence-electron chi connectivity index (χ0n) is 18.0. The standard InChI is InChI=1S/C20H18.C3H8.CHF2O3S.Rf/c1-20(17-11-5-2-6-12-17,18-13-7-3-8-14-18)19-15-9-4-10-16-19;1-3-2;2-1(3)7(4,5)6;/h2-16H,1H3;3H2,1-2H3;(H,4,5,6);/q;;-1;/p-1. The Morgan fingerprint density at radius 2 is 0.935 bits per heavy atom. The van der Waals surface area contributed by atoms with Crippen LogP contribution in [0.15, 0.2) is 91.0 Å². The molecule has 0 heterocycles. The minimum Gasteiger partial charge on any atom is -0.770 e. The van der Waals surface area contributed by atoms with Crippen LogP contribution in [0.2, 0.25) is 0 Å². The summed E-state index contributed by atoms with van der Waals surface area (Å²) in [6.45, 7) is 6.55. The zero-order valence-corrected chi connectivity index (χ0v) is 25.2. The third kappa shape index (κ3) is 7.99. The van der Waals surface area contributed by atoms with E-state index >= 15 is 0 Å². The number of halogens is 2. The van der Waals surface area contributed by atoms with E-state index < -0.39 is 15.9 Å². The number of benzene rings is 3. The molecule has 0 fully saturated rings. The summed E-state index contributed by atoms with van der Waals surface area (Å²) in [5, 5.41) is 0. The van der Waals surface area contributed by atoms with E-state index in [0.29, 0.717) is 0 Å². The molecule has 3 nitrogen and oxygen atoms in total. The largest absolute Gasteiger partial charge is 0.770 e. The minimum absolute atomic E-state index is 0. The first-order valence-electron chi connectivity index (χ1n) is 9.48. The van der Waals surface area contributed by atoms with Gasteiger partial charge in [0.1, 0.15) is 5.76 Å². The fraction of sp³-hybridized carbons (Fsp3) is 0.208. The monoisotopic (exact) mass is 699 g/mol. The summed E-state index contributed by atoms with van der Waals surface area (Å²) in [7, 11) is -5.41. The van der Waals surface area contributed by atoms with Gasteiger partial charge >= 0.3 is 0 Å². The molecule has 0 N–H and O–H groups in total. The summed E-state index contributed by atoms with van der Waals surface area (Å²) in [5.74, 6) is -3.09. The van der Waals surface area contributed by atoms with Crippen LogP contribution in [0.25, 0.3) is 0 Å². The molecule has 164 valence electrons. The minimum atomic E-state index is -5.41. The Morgan fingerprint density at radius 3 is 1.10 bits per heavy atom. The molecule has 0 aliphatic carbocycles. The van der Waals surface area contributed by atoms with Crippen molar-refractivity contribution in [3.05, 3.63) is 113 Å². The van der Waals surface area contributed by atoms with Gasteiger partial charge in [-0.25, -0.2) is 0 Å². The molecule has 0 aromatic heterocycles. The van der Waals surface area contributed by atoms with Crippen molar-refractivity contribution in [1.29, 1.82) is 0 Å². The average Bonchev–Trinajstić information content (AvgIpc) is 2.75. The van der Waals surface area contributed by atoms with Crippen molar-refractivity contribution >= 4 is 10.1 Å². The SMILES string of the molecule is CC(c1ccccc1)(c1ccccc1)c1ccccc1.CCC.O=S(=O)([O-])[C-](F)F.[Rf]. The van der Waals surface area contributed by atoms with Crippen molar-refractivity contribution < 1.29 is 21.8 Å². The van der Waals surface area contributed by atoms with Gasteiger partial charge in [0.25, 0.3) is 0 Å². The molecule has 0 radical (unpaired) electrons. The van der Waals surface area contributed by atoms with E-state index in [9.17, 15) is 8.78 Å². The van der Waals surface area contributed by atoms with E-state index in [1.807, 2.05) is 0 Å². The van der Waals surface area contributed by atoms with E-state index in [1.165, 1.54) is 23.1 Å². The molecular formula is C24H26F2O3RfS-2. The number of hydrogen-bond acceptors (Lipinski definition) is 3. The van der Waals surface area contributed by atoms with Crippen molar-refractivity contribution in [2.24, 2.45) is 0 Å². The molecule has 0 saturated carbocycles. The summed E-state index contributed by atoms with van der Waals surface area (Å²) < 4.78 is 48.1. The van der Waals surface area contributed by atoms with Gasteiger partial charge in [0.15, 0.2) is 0 Å². The molecular weight excluding hydrogens is 673 g/mol. The van der Waals surface area contributed by atoms with Gasteiger partial charge in [0, 0.05) is 15.5 Å². The quantitative estimate of drug-likeness (QED) is 0.181. The maximum Gasteiger partial charge on any atom is 0.103 e. The molecule has 0 unspecified atom stereocenters. The molecule has 3 rings (SSSR count). The Morgan fingerprint density at radius 1 is 0.742 bits per heavy atom. The smallest absolute Gasteiger partial charge is 0.103 e. The van der Waals surface area contributed by atoms with Gasteiger partial charge in [0.05, 0.1) is 0 Å². The van der Waals surface area contributed by atoms with Crippen LogP contribution < -0.4 is 0 Å². The second-order valence-corrected chi connectivity index (χ2v) is 7.83. The van der Waals surface area contributed by atoms with Crippen LogP contribution in [0.5, 0.6) is 0 Å². The van der Waals surface area contributed by atoms with E-state index in [1.54, 1.807) is 0 Å². The average molecular weight is 700 g/mol. The van der Waals surface area contributed by atoms with Gasteiger partial charge in [-0.3, -0.25) is 8.42 Å². The van der Waals surface area contributed by atoms with Gasteiger partial charge in [-0.05, 0) is 23.6 Å². The van der Waals surface area contributed by atoms with E-state index in [4.69, 9.17) is 13.0 Å². The van der Waals surface area contributed by atoms with Gasteiger partial charge in [-0.15, -0.1) is 0 Å². The maximum absolute atomic E-state index is 10.6. The van der Waals surface area contributed by atoms with Crippen molar-refractivity contribution in [1.82, 2.24) is 0 Å². The summed E-state index contributed by atoms with van der Waals surface area (Å²) >= 11 is 0. The predicted octanol–water partition coefficient (Wildman–Crippen LogP) is 6.37.